The molecule has 7 heteroatoms. The van der Waals surface area contributed by atoms with Crippen LogP contribution >= 0.6 is 12.4 Å². The molecule has 0 aliphatic heterocycles. The van der Waals surface area contributed by atoms with Gasteiger partial charge in [0, 0.05) is 20.1 Å². The van der Waals surface area contributed by atoms with Crippen molar-refractivity contribution in [3.8, 4) is 6.07 Å². The molecule has 0 heterocycles. The van der Waals surface area contributed by atoms with Crippen LogP contribution in [-0.4, -0.2) is 39.9 Å². The van der Waals surface area contributed by atoms with Crippen LogP contribution in [0.3, 0.4) is 0 Å². The number of benzene rings is 1. The van der Waals surface area contributed by atoms with E-state index < -0.39 is 10.0 Å². The molecular formula is C11H16ClN3O2S. The summed E-state index contributed by atoms with van der Waals surface area (Å²) >= 11 is 0. The van der Waals surface area contributed by atoms with Gasteiger partial charge in [0.1, 0.15) is 0 Å². The summed E-state index contributed by atoms with van der Waals surface area (Å²) in [5, 5.41) is 11.5. The van der Waals surface area contributed by atoms with Gasteiger partial charge in [0.2, 0.25) is 10.0 Å². The third kappa shape index (κ3) is 3.96. The zero-order chi connectivity index (χ0) is 12.9. The highest BCUT2D eigenvalue weighted by Gasteiger charge is 2.19. The second-order valence-corrected chi connectivity index (χ2v) is 5.61. The van der Waals surface area contributed by atoms with Crippen molar-refractivity contribution in [1.82, 2.24) is 9.62 Å². The van der Waals surface area contributed by atoms with Crippen LogP contribution in [0.15, 0.2) is 29.2 Å². The van der Waals surface area contributed by atoms with E-state index in [4.69, 9.17) is 5.26 Å². The fourth-order valence-corrected chi connectivity index (χ4v) is 2.44. The Kier molecular flexibility index (Phi) is 6.88. The van der Waals surface area contributed by atoms with Gasteiger partial charge >= 0.3 is 0 Å². The first-order valence-corrected chi connectivity index (χ1v) is 6.57. The van der Waals surface area contributed by atoms with Crippen LogP contribution in [0.5, 0.6) is 0 Å². The van der Waals surface area contributed by atoms with Crippen molar-refractivity contribution in [2.45, 2.75) is 4.90 Å². The molecule has 0 radical (unpaired) electrons. The number of likely N-dealkylation sites (N-methyl/N-ethyl adjacent to an activating group) is 2. The molecule has 100 valence electrons. The maximum atomic E-state index is 12.1. The van der Waals surface area contributed by atoms with Crippen molar-refractivity contribution in [2.75, 3.05) is 27.2 Å². The Morgan fingerprint density at radius 1 is 1.33 bits per heavy atom. The third-order valence-corrected chi connectivity index (χ3v) is 4.24. The first-order valence-electron chi connectivity index (χ1n) is 5.13. The van der Waals surface area contributed by atoms with Gasteiger partial charge in [0.25, 0.3) is 0 Å². The second-order valence-electron chi connectivity index (χ2n) is 3.57. The van der Waals surface area contributed by atoms with Gasteiger partial charge in [-0.25, -0.2) is 8.42 Å². The fourth-order valence-electron chi connectivity index (χ4n) is 1.27. The Morgan fingerprint density at radius 2 is 1.89 bits per heavy atom. The summed E-state index contributed by atoms with van der Waals surface area (Å²) in [6.07, 6.45) is 0. The lowest BCUT2D eigenvalue weighted by molar-refractivity contribution is 0.466. The molecule has 1 aromatic rings. The minimum Gasteiger partial charge on any atom is -0.318 e. The second kappa shape index (κ2) is 7.34. The van der Waals surface area contributed by atoms with Crippen LogP contribution in [0.25, 0.3) is 0 Å². The average molecular weight is 290 g/mol. The normalized spacial score (nSPS) is 10.8. The number of nitrogens with one attached hydrogen (secondary N) is 1. The Hall–Kier alpha value is -1.13. The van der Waals surface area contributed by atoms with Crippen molar-refractivity contribution < 1.29 is 8.42 Å². The first-order chi connectivity index (χ1) is 8.02. The summed E-state index contributed by atoms with van der Waals surface area (Å²) in [7, 11) is -0.154. The fraction of sp³-hybridized carbons (Fsp3) is 0.364. The molecule has 1 N–H and O–H groups in total. The summed E-state index contributed by atoms with van der Waals surface area (Å²) < 4.78 is 25.4. The van der Waals surface area contributed by atoms with Crippen molar-refractivity contribution in [3.05, 3.63) is 29.8 Å². The van der Waals surface area contributed by atoms with E-state index in [2.05, 4.69) is 5.32 Å². The van der Waals surface area contributed by atoms with Crippen molar-refractivity contribution in [2.24, 2.45) is 0 Å². The van der Waals surface area contributed by atoms with Gasteiger partial charge in [-0.05, 0) is 31.3 Å². The highest BCUT2D eigenvalue weighted by molar-refractivity contribution is 7.89. The van der Waals surface area contributed by atoms with E-state index in [1.807, 2.05) is 6.07 Å². The topological polar surface area (TPSA) is 73.2 Å². The number of hydrogen-bond donors (Lipinski definition) is 1. The van der Waals surface area contributed by atoms with Crippen LogP contribution in [0, 0.1) is 11.3 Å². The molecule has 1 aromatic carbocycles. The van der Waals surface area contributed by atoms with E-state index >= 15 is 0 Å². The number of nitriles is 1. The molecular weight excluding hydrogens is 274 g/mol. The van der Waals surface area contributed by atoms with Gasteiger partial charge in [0.05, 0.1) is 16.5 Å². The van der Waals surface area contributed by atoms with Gasteiger partial charge in [-0.2, -0.15) is 9.57 Å². The zero-order valence-electron chi connectivity index (χ0n) is 10.3. The standard InChI is InChI=1S/C11H15N3O2S.ClH/c1-13-7-8-14(2)17(15,16)11-5-3-10(9-12)4-6-11;/h3-6,13H,7-8H2,1-2H3;1H. The number of sulfonamides is 1. The summed E-state index contributed by atoms with van der Waals surface area (Å²) in [4.78, 5) is 0.204. The lowest BCUT2D eigenvalue weighted by Gasteiger charge is -2.16. The van der Waals surface area contributed by atoms with Crippen LogP contribution in [0.2, 0.25) is 0 Å². The predicted octanol–water partition coefficient (Wildman–Crippen LogP) is 0.820. The molecule has 0 aliphatic rings. The molecule has 0 unspecified atom stereocenters. The predicted molar refractivity (Wildman–Crippen MR) is 72.1 cm³/mol. The summed E-state index contributed by atoms with van der Waals surface area (Å²) in [6.45, 7) is 0.991. The van der Waals surface area contributed by atoms with Gasteiger partial charge in [-0.1, -0.05) is 0 Å². The van der Waals surface area contributed by atoms with Crippen molar-refractivity contribution in [3.63, 3.8) is 0 Å². The molecule has 0 spiro atoms. The van der Waals surface area contributed by atoms with E-state index in [1.165, 1.54) is 35.6 Å². The van der Waals surface area contributed by atoms with E-state index in [9.17, 15) is 8.42 Å². The molecule has 18 heavy (non-hydrogen) atoms. The van der Waals surface area contributed by atoms with Crippen LogP contribution < -0.4 is 5.32 Å². The molecule has 1 rings (SSSR count). The van der Waals surface area contributed by atoms with Gasteiger partial charge < -0.3 is 5.32 Å². The summed E-state index contributed by atoms with van der Waals surface area (Å²) in [5.74, 6) is 0. The molecule has 0 atom stereocenters. The van der Waals surface area contributed by atoms with Crippen LogP contribution in [-0.2, 0) is 10.0 Å². The largest absolute Gasteiger partial charge is 0.318 e. The van der Waals surface area contributed by atoms with E-state index in [1.54, 1.807) is 7.05 Å². The third-order valence-electron chi connectivity index (χ3n) is 2.37. The average Bonchev–Trinajstić information content (AvgIpc) is 2.35. The maximum absolute atomic E-state index is 12.1. The quantitative estimate of drug-likeness (QED) is 0.871. The smallest absolute Gasteiger partial charge is 0.242 e. The number of halogens is 1. The SMILES string of the molecule is CNCCN(C)S(=O)(=O)c1ccc(C#N)cc1.Cl. The van der Waals surface area contributed by atoms with E-state index in [0.717, 1.165) is 0 Å². The minimum absolute atomic E-state index is 0. The highest BCUT2D eigenvalue weighted by atomic mass is 35.5. The lowest BCUT2D eigenvalue weighted by atomic mass is 10.2. The number of nitrogens with zero attached hydrogens (tertiary/aromatic N) is 2. The van der Waals surface area contributed by atoms with Gasteiger partial charge in [0.15, 0.2) is 0 Å². The molecule has 0 saturated carbocycles. The Bertz CT molecular complexity index is 508. The van der Waals surface area contributed by atoms with Crippen molar-refractivity contribution in [1.29, 1.82) is 5.26 Å². The molecule has 5 nitrogen and oxygen atoms in total. The van der Waals surface area contributed by atoms with Crippen LogP contribution in [0.4, 0.5) is 0 Å². The molecule has 0 aromatic heterocycles. The molecule has 0 bridgehead atoms. The minimum atomic E-state index is -3.45. The Balaban J connectivity index is 0.00000289. The van der Waals surface area contributed by atoms with E-state index in [-0.39, 0.29) is 17.3 Å². The number of rotatable bonds is 5. The molecule has 0 aliphatic carbocycles. The van der Waals surface area contributed by atoms with Gasteiger partial charge in [-0.3, -0.25) is 0 Å². The summed E-state index contributed by atoms with van der Waals surface area (Å²) in [5.41, 5.74) is 0.446. The van der Waals surface area contributed by atoms with Crippen LogP contribution in [0.1, 0.15) is 5.56 Å². The Morgan fingerprint density at radius 3 is 2.33 bits per heavy atom. The van der Waals surface area contributed by atoms with E-state index in [0.29, 0.717) is 18.7 Å². The maximum Gasteiger partial charge on any atom is 0.242 e. The summed E-state index contributed by atoms with van der Waals surface area (Å²) in [6, 6.07) is 7.84. The Labute approximate surface area is 114 Å². The first kappa shape index (κ1) is 16.9. The highest BCUT2D eigenvalue weighted by Crippen LogP contribution is 2.14. The monoisotopic (exact) mass is 289 g/mol. The zero-order valence-corrected chi connectivity index (χ0v) is 11.9. The van der Waals surface area contributed by atoms with Gasteiger partial charge in [-0.15, -0.1) is 12.4 Å². The lowest BCUT2D eigenvalue weighted by Crippen LogP contribution is -2.32. The molecule has 0 fully saturated rings. The molecule has 0 saturated heterocycles. The molecule has 0 amide bonds. The van der Waals surface area contributed by atoms with Crippen molar-refractivity contribution >= 4 is 22.4 Å². The number of hydrogen-bond acceptors (Lipinski definition) is 4.